The maximum atomic E-state index is 13.0. The molecule has 1 N–H and O–H groups in total. The van der Waals surface area contributed by atoms with Crippen molar-refractivity contribution in [2.75, 3.05) is 0 Å². The molecule has 0 spiro atoms. The Balaban J connectivity index is 2.26. The zero-order valence-electron chi connectivity index (χ0n) is 10.0. The number of carbonyl (C=O) groups is 1. The number of rotatable bonds is 4. The lowest BCUT2D eigenvalue weighted by Gasteiger charge is -2.05. The van der Waals surface area contributed by atoms with Crippen molar-refractivity contribution in [3.05, 3.63) is 58.1 Å². The molecule has 1 aromatic carbocycles. The highest BCUT2D eigenvalue weighted by Crippen LogP contribution is 2.21. The lowest BCUT2D eigenvalue weighted by Crippen LogP contribution is -2.02. The van der Waals surface area contributed by atoms with Crippen LogP contribution >= 0.6 is 15.9 Å². The Morgan fingerprint density at radius 3 is 2.75 bits per heavy atom. The molecule has 1 heterocycles. The quantitative estimate of drug-likeness (QED) is 0.913. The number of carboxylic acid groups (broad SMARTS) is 1. The number of nitrogens with zero attached hydrogens (tertiary/aromatic N) is 1. The molecule has 0 bridgehead atoms. The van der Waals surface area contributed by atoms with Gasteiger partial charge in [-0.15, -0.1) is 0 Å². The molecule has 1 atom stereocenters. The van der Waals surface area contributed by atoms with Crippen LogP contribution in [0.2, 0.25) is 0 Å². The van der Waals surface area contributed by atoms with Crippen molar-refractivity contribution in [2.45, 2.75) is 10.6 Å². The first kappa shape index (κ1) is 14.8. The van der Waals surface area contributed by atoms with E-state index in [0.717, 1.165) is 6.20 Å². The molecule has 1 unspecified atom stereocenters. The van der Waals surface area contributed by atoms with Gasteiger partial charge in [0.15, 0.2) is 0 Å². The van der Waals surface area contributed by atoms with Gasteiger partial charge in [0.25, 0.3) is 0 Å². The highest BCUT2D eigenvalue weighted by Gasteiger charge is 2.13. The van der Waals surface area contributed by atoms with Crippen LogP contribution in [0.3, 0.4) is 0 Å². The molecule has 7 heteroatoms. The summed E-state index contributed by atoms with van der Waals surface area (Å²) in [5.74, 6) is -1.53. The summed E-state index contributed by atoms with van der Waals surface area (Å²) in [4.78, 5) is 15.1. The zero-order valence-corrected chi connectivity index (χ0v) is 12.4. The smallest absolute Gasteiger partial charge is 0.336 e. The van der Waals surface area contributed by atoms with Gasteiger partial charge in [-0.1, -0.05) is 0 Å². The Morgan fingerprint density at radius 1 is 1.35 bits per heavy atom. The van der Waals surface area contributed by atoms with Crippen molar-refractivity contribution in [1.29, 1.82) is 0 Å². The van der Waals surface area contributed by atoms with E-state index < -0.39 is 22.6 Å². The molecule has 2 rings (SSSR count). The summed E-state index contributed by atoms with van der Waals surface area (Å²) in [5.41, 5.74) is 0.524. The van der Waals surface area contributed by atoms with Crippen molar-refractivity contribution in [1.82, 2.24) is 4.98 Å². The number of hydrogen-bond acceptors (Lipinski definition) is 3. The van der Waals surface area contributed by atoms with Crippen molar-refractivity contribution < 1.29 is 18.5 Å². The first-order valence-corrected chi connectivity index (χ1v) is 7.59. The van der Waals surface area contributed by atoms with E-state index in [-0.39, 0.29) is 11.3 Å². The van der Waals surface area contributed by atoms with Gasteiger partial charge in [-0.3, -0.25) is 9.19 Å². The van der Waals surface area contributed by atoms with Crippen molar-refractivity contribution >= 4 is 32.7 Å². The van der Waals surface area contributed by atoms with E-state index in [0.29, 0.717) is 14.9 Å². The first-order valence-electron chi connectivity index (χ1n) is 5.48. The van der Waals surface area contributed by atoms with Crippen LogP contribution in [0, 0.1) is 5.82 Å². The largest absolute Gasteiger partial charge is 0.478 e. The van der Waals surface area contributed by atoms with Gasteiger partial charge in [0.2, 0.25) is 0 Å². The predicted octanol–water partition coefficient (Wildman–Crippen LogP) is 2.99. The Hall–Kier alpha value is -1.60. The van der Waals surface area contributed by atoms with E-state index >= 15 is 0 Å². The number of aromatic carboxylic acids is 1. The Bertz CT molecular complexity index is 693. The van der Waals surface area contributed by atoms with E-state index in [1.54, 1.807) is 6.07 Å². The van der Waals surface area contributed by atoms with E-state index in [2.05, 4.69) is 20.9 Å². The third-order valence-corrected chi connectivity index (χ3v) is 4.56. The maximum absolute atomic E-state index is 13.0. The minimum atomic E-state index is -1.47. The molecule has 0 aliphatic carbocycles. The average Bonchev–Trinajstić information content (AvgIpc) is 2.38. The van der Waals surface area contributed by atoms with Crippen LogP contribution in [0.1, 0.15) is 15.9 Å². The summed E-state index contributed by atoms with van der Waals surface area (Å²) in [5, 5.41) is 9.01. The third-order valence-electron chi connectivity index (χ3n) is 2.49. The van der Waals surface area contributed by atoms with E-state index in [9.17, 15) is 13.4 Å². The van der Waals surface area contributed by atoms with Crippen molar-refractivity contribution in [2.24, 2.45) is 0 Å². The number of hydrogen-bond donors (Lipinski definition) is 1. The van der Waals surface area contributed by atoms with Crippen LogP contribution in [-0.4, -0.2) is 20.3 Å². The summed E-state index contributed by atoms with van der Waals surface area (Å²) < 4.78 is 25.6. The second-order valence-corrected chi connectivity index (χ2v) is 6.25. The monoisotopic (exact) mass is 357 g/mol. The predicted molar refractivity (Wildman–Crippen MR) is 75.4 cm³/mol. The summed E-state index contributed by atoms with van der Waals surface area (Å²) in [6.07, 6.45) is 2.49. The molecule has 0 amide bonds. The summed E-state index contributed by atoms with van der Waals surface area (Å²) >= 11 is 3.12. The summed E-state index contributed by atoms with van der Waals surface area (Å²) in [6, 6.07) is 5.69. The molecular formula is C13H9BrFNO3S. The van der Waals surface area contributed by atoms with Crippen LogP contribution < -0.4 is 0 Å². The third kappa shape index (κ3) is 3.49. The van der Waals surface area contributed by atoms with Crippen LogP contribution in [0.25, 0.3) is 0 Å². The lowest BCUT2D eigenvalue weighted by molar-refractivity contribution is 0.0695. The van der Waals surface area contributed by atoms with E-state index in [1.807, 2.05) is 0 Å². The van der Waals surface area contributed by atoms with Gasteiger partial charge in [-0.25, -0.2) is 9.18 Å². The van der Waals surface area contributed by atoms with Crippen LogP contribution in [-0.2, 0) is 16.6 Å². The topological polar surface area (TPSA) is 67.3 Å². The van der Waals surface area contributed by atoms with E-state index in [4.69, 9.17) is 5.11 Å². The molecule has 0 saturated carbocycles. The molecule has 0 saturated heterocycles. The Morgan fingerprint density at radius 2 is 2.10 bits per heavy atom. The molecule has 0 fully saturated rings. The normalized spacial score (nSPS) is 12.1. The van der Waals surface area contributed by atoms with Gasteiger partial charge in [0.1, 0.15) is 5.82 Å². The number of aromatic nitrogens is 1. The fourth-order valence-corrected chi connectivity index (χ4v) is 3.09. The number of carboxylic acids is 1. The molecule has 0 aliphatic heterocycles. The molecule has 2 aromatic rings. The van der Waals surface area contributed by atoms with Crippen LogP contribution in [0.15, 0.2) is 46.0 Å². The van der Waals surface area contributed by atoms with Crippen LogP contribution in [0.5, 0.6) is 0 Å². The van der Waals surface area contributed by atoms with Gasteiger partial charge in [-0.2, -0.15) is 0 Å². The molecule has 4 nitrogen and oxygen atoms in total. The molecule has 20 heavy (non-hydrogen) atoms. The lowest BCUT2D eigenvalue weighted by atomic mass is 10.2. The summed E-state index contributed by atoms with van der Waals surface area (Å²) in [6.45, 7) is 0. The second kappa shape index (κ2) is 6.23. The van der Waals surface area contributed by atoms with Crippen molar-refractivity contribution in [3.8, 4) is 0 Å². The zero-order chi connectivity index (χ0) is 14.7. The Kier molecular flexibility index (Phi) is 4.61. The molecule has 104 valence electrons. The highest BCUT2D eigenvalue weighted by atomic mass is 79.9. The standard InChI is InChI=1S/C13H9BrFNO3S/c14-12-2-1-10(4-11(12)13(17)18)20(19)7-8-3-9(15)6-16-5-8/h1-6H,7H2,(H,17,18). The maximum Gasteiger partial charge on any atom is 0.336 e. The van der Waals surface area contributed by atoms with Gasteiger partial charge in [0.05, 0.1) is 28.3 Å². The summed E-state index contributed by atoms with van der Waals surface area (Å²) in [7, 11) is -1.47. The fourth-order valence-electron chi connectivity index (χ4n) is 1.58. The van der Waals surface area contributed by atoms with E-state index in [1.165, 1.54) is 24.4 Å². The fraction of sp³-hybridized carbons (Fsp3) is 0.0769. The second-order valence-electron chi connectivity index (χ2n) is 3.95. The van der Waals surface area contributed by atoms with Crippen molar-refractivity contribution in [3.63, 3.8) is 0 Å². The van der Waals surface area contributed by atoms with Crippen LogP contribution in [0.4, 0.5) is 4.39 Å². The SMILES string of the molecule is O=C(O)c1cc(S(=O)Cc2cncc(F)c2)ccc1Br. The average molecular weight is 358 g/mol. The Labute approximate surface area is 125 Å². The molecular weight excluding hydrogens is 349 g/mol. The van der Waals surface area contributed by atoms with Gasteiger partial charge in [-0.05, 0) is 45.8 Å². The first-order chi connectivity index (χ1) is 9.47. The van der Waals surface area contributed by atoms with Gasteiger partial charge >= 0.3 is 5.97 Å². The minimum Gasteiger partial charge on any atom is -0.478 e. The molecule has 0 radical (unpaired) electrons. The number of halogens is 2. The minimum absolute atomic E-state index is 0.0354. The highest BCUT2D eigenvalue weighted by molar-refractivity contribution is 9.10. The number of benzene rings is 1. The number of pyridine rings is 1. The molecule has 1 aromatic heterocycles. The van der Waals surface area contributed by atoms with Gasteiger partial charge < -0.3 is 5.11 Å². The van der Waals surface area contributed by atoms with Gasteiger partial charge in [0, 0.05) is 15.6 Å². The molecule has 0 aliphatic rings.